The second-order valence-corrected chi connectivity index (χ2v) is 6.24. The summed E-state index contributed by atoms with van der Waals surface area (Å²) in [5.41, 5.74) is 4.01. The van der Waals surface area contributed by atoms with Crippen LogP contribution in [0.2, 0.25) is 0 Å². The van der Waals surface area contributed by atoms with Gasteiger partial charge in [0.05, 0.1) is 12.5 Å². The van der Waals surface area contributed by atoms with E-state index < -0.39 is 0 Å². The maximum absolute atomic E-state index is 12.9. The summed E-state index contributed by atoms with van der Waals surface area (Å²) in [6.45, 7) is 6.26. The fourth-order valence-corrected chi connectivity index (χ4v) is 3.36. The first-order chi connectivity index (χ1) is 12.1. The number of fused-ring (bicyclic) bond motifs is 1. The molecule has 25 heavy (non-hydrogen) atoms. The van der Waals surface area contributed by atoms with Crippen LogP contribution in [0.3, 0.4) is 0 Å². The Morgan fingerprint density at radius 2 is 1.92 bits per heavy atom. The Bertz CT molecular complexity index is 813. The van der Waals surface area contributed by atoms with Crippen molar-refractivity contribution in [1.82, 2.24) is 4.90 Å². The van der Waals surface area contributed by atoms with Gasteiger partial charge in [-0.25, -0.2) is 0 Å². The summed E-state index contributed by atoms with van der Waals surface area (Å²) in [6, 6.07) is 15.7. The lowest BCUT2D eigenvalue weighted by Gasteiger charge is -2.35. The number of nitrogens with zero attached hydrogens (tertiary/aromatic N) is 1. The number of rotatable bonds is 4. The maximum Gasteiger partial charge on any atom is 0.247 e. The van der Waals surface area contributed by atoms with Crippen LogP contribution in [-0.2, 0) is 22.4 Å². The number of nitrogens with one attached hydrogen (secondary N) is 1. The molecule has 3 rings (SSSR count). The van der Waals surface area contributed by atoms with Crippen LogP contribution < -0.4 is 5.32 Å². The molecule has 4 nitrogen and oxygen atoms in total. The highest BCUT2D eigenvalue weighted by atomic mass is 16.2. The molecular formula is C21H22N2O2. The quantitative estimate of drug-likeness (QED) is 0.870. The summed E-state index contributed by atoms with van der Waals surface area (Å²) >= 11 is 0. The number of anilines is 1. The van der Waals surface area contributed by atoms with E-state index in [-0.39, 0.29) is 24.3 Å². The molecule has 0 spiro atoms. The van der Waals surface area contributed by atoms with Gasteiger partial charge in [-0.05, 0) is 42.2 Å². The Balaban J connectivity index is 1.77. The van der Waals surface area contributed by atoms with Gasteiger partial charge >= 0.3 is 0 Å². The van der Waals surface area contributed by atoms with Gasteiger partial charge in [-0.3, -0.25) is 9.59 Å². The van der Waals surface area contributed by atoms with Gasteiger partial charge in [0.1, 0.15) is 0 Å². The molecule has 1 unspecified atom stereocenters. The molecule has 0 bridgehead atoms. The van der Waals surface area contributed by atoms with Gasteiger partial charge in [0.2, 0.25) is 11.8 Å². The Morgan fingerprint density at radius 3 is 2.72 bits per heavy atom. The zero-order chi connectivity index (χ0) is 17.8. The summed E-state index contributed by atoms with van der Waals surface area (Å²) in [5, 5.41) is 2.77. The van der Waals surface area contributed by atoms with Gasteiger partial charge in [-0.1, -0.05) is 49.0 Å². The number of benzene rings is 2. The summed E-state index contributed by atoms with van der Waals surface area (Å²) in [5.74, 6) is -0.206. The number of para-hydroxylation sites is 1. The van der Waals surface area contributed by atoms with Crippen LogP contribution >= 0.6 is 0 Å². The van der Waals surface area contributed by atoms with E-state index in [9.17, 15) is 9.59 Å². The highest BCUT2D eigenvalue weighted by Crippen LogP contribution is 2.30. The van der Waals surface area contributed by atoms with Crippen molar-refractivity contribution in [3.8, 4) is 0 Å². The number of amides is 2. The lowest BCUT2D eigenvalue weighted by Crippen LogP contribution is -2.39. The first-order valence-electron chi connectivity index (χ1n) is 8.48. The lowest BCUT2D eigenvalue weighted by atomic mass is 9.93. The largest absolute Gasteiger partial charge is 0.335 e. The van der Waals surface area contributed by atoms with Crippen molar-refractivity contribution in [2.75, 3.05) is 11.9 Å². The molecule has 0 radical (unpaired) electrons. The molecule has 1 heterocycles. The van der Waals surface area contributed by atoms with Crippen LogP contribution in [0.15, 0.2) is 61.2 Å². The highest BCUT2D eigenvalue weighted by Gasteiger charge is 2.27. The molecule has 0 aromatic heterocycles. The van der Waals surface area contributed by atoms with Gasteiger partial charge in [-0.15, -0.1) is 0 Å². The minimum atomic E-state index is -0.278. The van der Waals surface area contributed by atoms with Crippen LogP contribution in [0.5, 0.6) is 0 Å². The third-order valence-corrected chi connectivity index (χ3v) is 4.72. The Labute approximate surface area is 148 Å². The molecular weight excluding hydrogens is 312 g/mol. The van der Waals surface area contributed by atoms with Gasteiger partial charge < -0.3 is 10.2 Å². The standard InChI is InChI=1S/C21H22N2O2/c1-3-20(24)22-19-11-7-5-9-17(19)14-21(25)23-13-12-16-8-4-6-10-18(16)15(23)2/h3-11,15H,1,12-14H2,2H3,(H,22,24). The fraction of sp³-hybridized carbons (Fsp3) is 0.238. The predicted octanol–water partition coefficient (Wildman–Crippen LogP) is 3.50. The van der Waals surface area contributed by atoms with E-state index in [0.29, 0.717) is 5.69 Å². The van der Waals surface area contributed by atoms with Crippen molar-refractivity contribution in [2.45, 2.75) is 25.8 Å². The van der Waals surface area contributed by atoms with Crippen molar-refractivity contribution in [3.05, 3.63) is 77.9 Å². The first-order valence-corrected chi connectivity index (χ1v) is 8.48. The van der Waals surface area contributed by atoms with E-state index in [1.807, 2.05) is 35.2 Å². The zero-order valence-corrected chi connectivity index (χ0v) is 14.4. The second-order valence-electron chi connectivity index (χ2n) is 6.24. The molecule has 0 aliphatic carbocycles. The average Bonchev–Trinajstić information content (AvgIpc) is 2.63. The minimum absolute atomic E-state index is 0.0624. The third kappa shape index (κ3) is 3.63. The van der Waals surface area contributed by atoms with Crippen molar-refractivity contribution in [1.29, 1.82) is 0 Å². The molecule has 2 aromatic carbocycles. The second kappa shape index (κ2) is 7.34. The van der Waals surface area contributed by atoms with E-state index in [0.717, 1.165) is 18.5 Å². The zero-order valence-electron chi connectivity index (χ0n) is 14.4. The molecule has 4 heteroatoms. The maximum atomic E-state index is 12.9. The van der Waals surface area contributed by atoms with Crippen LogP contribution in [0.25, 0.3) is 0 Å². The molecule has 2 amide bonds. The summed E-state index contributed by atoms with van der Waals surface area (Å²) in [6.07, 6.45) is 2.36. The smallest absolute Gasteiger partial charge is 0.247 e. The van der Waals surface area contributed by atoms with Crippen molar-refractivity contribution in [2.24, 2.45) is 0 Å². The lowest BCUT2D eigenvalue weighted by molar-refractivity contribution is -0.133. The average molecular weight is 334 g/mol. The SMILES string of the molecule is C=CC(=O)Nc1ccccc1CC(=O)N1CCc2ccccc2C1C. The molecule has 2 aromatic rings. The monoisotopic (exact) mass is 334 g/mol. The molecule has 0 fully saturated rings. The van der Waals surface area contributed by atoms with E-state index in [2.05, 4.69) is 31.0 Å². The van der Waals surface area contributed by atoms with Crippen molar-refractivity contribution < 1.29 is 9.59 Å². The topological polar surface area (TPSA) is 49.4 Å². The van der Waals surface area contributed by atoms with Gasteiger partial charge in [-0.2, -0.15) is 0 Å². The molecule has 1 atom stereocenters. The minimum Gasteiger partial charge on any atom is -0.335 e. The van der Waals surface area contributed by atoms with Crippen LogP contribution in [0.1, 0.15) is 29.7 Å². The summed E-state index contributed by atoms with van der Waals surface area (Å²) in [4.78, 5) is 26.4. The van der Waals surface area contributed by atoms with E-state index >= 15 is 0 Å². The van der Waals surface area contributed by atoms with Crippen LogP contribution in [0, 0.1) is 0 Å². The molecule has 128 valence electrons. The number of carbonyl (C=O) groups excluding carboxylic acids is 2. The molecule has 1 aliphatic heterocycles. The normalized spacial score (nSPS) is 16.0. The third-order valence-electron chi connectivity index (χ3n) is 4.72. The van der Waals surface area contributed by atoms with Crippen LogP contribution in [0.4, 0.5) is 5.69 Å². The van der Waals surface area contributed by atoms with E-state index in [1.165, 1.54) is 17.2 Å². The molecule has 0 saturated carbocycles. The van der Waals surface area contributed by atoms with Crippen molar-refractivity contribution >= 4 is 17.5 Å². The summed E-state index contributed by atoms with van der Waals surface area (Å²) in [7, 11) is 0. The Morgan fingerprint density at radius 1 is 1.20 bits per heavy atom. The van der Waals surface area contributed by atoms with Crippen LogP contribution in [-0.4, -0.2) is 23.3 Å². The number of hydrogen-bond donors (Lipinski definition) is 1. The predicted molar refractivity (Wildman–Crippen MR) is 99.2 cm³/mol. The van der Waals surface area contributed by atoms with Gasteiger partial charge in [0.15, 0.2) is 0 Å². The molecule has 1 aliphatic rings. The van der Waals surface area contributed by atoms with E-state index in [1.54, 1.807) is 6.07 Å². The van der Waals surface area contributed by atoms with Crippen molar-refractivity contribution in [3.63, 3.8) is 0 Å². The number of carbonyl (C=O) groups is 2. The van der Waals surface area contributed by atoms with Gasteiger partial charge in [0.25, 0.3) is 0 Å². The van der Waals surface area contributed by atoms with Gasteiger partial charge in [0, 0.05) is 12.2 Å². The first kappa shape index (κ1) is 17.0. The summed E-state index contributed by atoms with van der Waals surface area (Å²) < 4.78 is 0. The molecule has 1 N–H and O–H groups in total. The Hall–Kier alpha value is -2.88. The fourth-order valence-electron chi connectivity index (χ4n) is 3.36. The van der Waals surface area contributed by atoms with E-state index in [4.69, 9.17) is 0 Å². The number of hydrogen-bond acceptors (Lipinski definition) is 2. The Kier molecular flexibility index (Phi) is 4.98. The highest BCUT2D eigenvalue weighted by molar-refractivity contribution is 5.99. The molecule has 0 saturated heterocycles.